The van der Waals surface area contributed by atoms with Crippen LogP contribution in [0.3, 0.4) is 0 Å². The van der Waals surface area contributed by atoms with Crippen LogP contribution in [0.5, 0.6) is 0 Å². The summed E-state index contributed by atoms with van der Waals surface area (Å²) in [6, 6.07) is 14.0. The highest BCUT2D eigenvalue weighted by atomic mass is 35.5. The summed E-state index contributed by atoms with van der Waals surface area (Å²) in [6.45, 7) is 0.835. The third kappa shape index (κ3) is 2.67. The summed E-state index contributed by atoms with van der Waals surface area (Å²) in [4.78, 5) is 0.693. The van der Waals surface area contributed by atoms with Crippen molar-refractivity contribution in [3.63, 3.8) is 0 Å². The van der Waals surface area contributed by atoms with Gasteiger partial charge in [0.25, 0.3) is 0 Å². The number of halogens is 2. The number of thiocarbonyl (C=S) groups is 1. The van der Waals surface area contributed by atoms with Crippen molar-refractivity contribution in [2.75, 3.05) is 6.54 Å². The van der Waals surface area contributed by atoms with Gasteiger partial charge in [-0.3, -0.25) is 5.01 Å². The fraction of sp³-hybridized carbons (Fsp3) is 0.222. The second-order valence-corrected chi connectivity index (χ2v) is 7.09. The highest BCUT2D eigenvalue weighted by Crippen LogP contribution is 2.33. The Morgan fingerprint density at radius 2 is 1.96 bits per heavy atom. The molecule has 2 aromatic carbocycles. The molecule has 0 N–H and O–H groups in total. The molecule has 0 bridgehead atoms. The minimum atomic E-state index is 0.514. The lowest BCUT2D eigenvalue weighted by molar-refractivity contribution is 0.387. The van der Waals surface area contributed by atoms with E-state index in [1.54, 1.807) is 12.1 Å². The average Bonchev–Trinajstić information content (AvgIpc) is 2.94. The molecule has 0 spiro atoms. The van der Waals surface area contributed by atoms with Crippen molar-refractivity contribution >= 4 is 46.1 Å². The molecule has 23 heavy (non-hydrogen) atoms. The first-order valence-electron chi connectivity index (χ1n) is 7.57. The van der Waals surface area contributed by atoms with Gasteiger partial charge in [-0.1, -0.05) is 65.8 Å². The van der Waals surface area contributed by atoms with E-state index in [0.717, 1.165) is 30.7 Å². The predicted octanol–water partition coefficient (Wildman–Crippen LogP) is 4.95. The molecule has 4 rings (SSSR count). The first kappa shape index (κ1) is 15.1. The van der Waals surface area contributed by atoms with Crippen molar-refractivity contribution in [3.8, 4) is 0 Å². The van der Waals surface area contributed by atoms with Gasteiger partial charge in [-0.05, 0) is 30.5 Å². The Hall–Kier alpha value is -1.42. The van der Waals surface area contributed by atoms with Crippen molar-refractivity contribution < 1.29 is 0 Å². The zero-order chi connectivity index (χ0) is 16.0. The summed E-state index contributed by atoms with van der Waals surface area (Å²) in [5.41, 5.74) is 4.69. The van der Waals surface area contributed by atoms with Gasteiger partial charge in [-0.25, -0.2) is 0 Å². The summed E-state index contributed by atoms with van der Waals surface area (Å²) < 4.78 is 0. The standard InChI is InChI=1S/C18H14Cl2N2S/c19-15-6-5-13(10-16(15)20)18(23)22-8-7-12-9-11-3-1-2-4-14(11)17(12)21-22/h1-6,10,12H,7-9H2. The maximum atomic E-state index is 6.11. The summed E-state index contributed by atoms with van der Waals surface area (Å²) >= 11 is 17.7. The van der Waals surface area contributed by atoms with Crippen molar-refractivity contribution in [1.82, 2.24) is 5.01 Å². The number of hydrogen-bond acceptors (Lipinski definition) is 2. The lowest BCUT2D eigenvalue weighted by Gasteiger charge is -2.28. The highest BCUT2D eigenvalue weighted by molar-refractivity contribution is 7.80. The Labute approximate surface area is 150 Å². The SMILES string of the molecule is S=C(c1ccc(Cl)c(Cl)c1)N1CCC2Cc3ccccc3C2=N1. The molecule has 0 aromatic heterocycles. The van der Waals surface area contributed by atoms with Crippen LogP contribution < -0.4 is 0 Å². The maximum absolute atomic E-state index is 6.11. The Kier molecular flexibility index (Phi) is 3.88. The van der Waals surface area contributed by atoms with E-state index in [1.165, 1.54) is 11.1 Å². The number of nitrogens with zero attached hydrogens (tertiary/aromatic N) is 2. The molecule has 1 aliphatic carbocycles. The molecule has 0 saturated carbocycles. The number of benzene rings is 2. The van der Waals surface area contributed by atoms with Crippen molar-refractivity contribution in [1.29, 1.82) is 0 Å². The number of fused-ring (bicyclic) bond motifs is 3. The van der Waals surface area contributed by atoms with Crippen molar-refractivity contribution in [2.24, 2.45) is 11.0 Å². The van der Waals surface area contributed by atoms with E-state index in [4.69, 9.17) is 40.5 Å². The zero-order valence-electron chi connectivity index (χ0n) is 12.3. The summed E-state index contributed by atoms with van der Waals surface area (Å²) in [6.07, 6.45) is 2.15. The second-order valence-electron chi connectivity index (χ2n) is 5.89. The van der Waals surface area contributed by atoms with E-state index in [1.807, 2.05) is 11.1 Å². The smallest absolute Gasteiger partial charge is 0.129 e. The van der Waals surface area contributed by atoms with Crippen LogP contribution >= 0.6 is 35.4 Å². The Bertz CT molecular complexity index is 832. The minimum Gasteiger partial charge on any atom is -0.254 e. The van der Waals surface area contributed by atoms with E-state index in [9.17, 15) is 0 Å². The fourth-order valence-electron chi connectivity index (χ4n) is 3.29. The molecule has 2 aromatic rings. The number of rotatable bonds is 1. The van der Waals surface area contributed by atoms with Gasteiger partial charge in [0.15, 0.2) is 0 Å². The molecule has 5 heteroatoms. The molecule has 0 amide bonds. The normalized spacial score (nSPS) is 19.1. The van der Waals surface area contributed by atoms with Gasteiger partial charge < -0.3 is 0 Å². The van der Waals surface area contributed by atoms with Crippen LogP contribution in [0, 0.1) is 5.92 Å². The molecular weight excluding hydrogens is 347 g/mol. The van der Waals surface area contributed by atoms with Crippen LogP contribution in [0.15, 0.2) is 47.6 Å². The first-order valence-corrected chi connectivity index (χ1v) is 8.73. The molecule has 2 aliphatic rings. The molecule has 0 fully saturated rings. The topological polar surface area (TPSA) is 15.6 Å². The van der Waals surface area contributed by atoms with E-state index < -0.39 is 0 Å². The lowest BCUT2D eigenvalue weighted by Crippen LogP contribution is -2.34. The van der Waals surface area contributed by atoms with E-state index in [0.29, 0.717) is 21.0 Å². The van der Waals surface area contributed by atoms with Crippen LogP contribution in [-0.2, 0) is 6.42 Å². The molecular formula is C18H14Cl2N2S. The molecule has 116 valence electrons. The van der Waals surface area contributed by atoms with Gasteiger partial charge >= 0.3 is 0 Å². The Balaban J connectivity index is 1.67. The molecule has 1 heterocycles. The van der Waals surface area contributed by atoms with Crippen molar-refractivity contribution in [3.05, 3.63) is 69.2 Å². The van der Waals surface area contributed by atoms with E-state index in [-0.39, 0.29) is 0 Å². The summed E-state index contributed by atoms with van der Waals surface area (Å²) in [7, 11) is 0. The molecule has 1 atom stereocenters. The summed E-state index contributed by atoms with van der Waals surface area (Å²) in [5, 5.41) is 7.82. The van der Waals surface area contributed by atoms with Crippen molar-refractivity contribution in [2.45, 2.75) is 12.8 Å². The quantitative estimate of drug-likeness (QED) is 0.668. The third-order valence-electron chi connectivity index (χ3n) is 4.47. The molecule has 1 aliphatic heterocycles. The van der Waals surface area contributed by atoms with Crippen LogP contribution in [0.4, 0.5) is 0 Å². The fourth-order valence-corrected chi connectivity index (χ4v) is 3.85. The van der Waals surface area contributed by atoms with Gasteiger partial charge in [-0.2, -0.15) is 5.10 Å². The minimum absolute atomic E-state index is 0.514. The molecule has 1 unspecified atom stereocenters. The predicted molar refractivity (Wildman–Crippen MR) is 99.7 cm³/mol. The van der Waals surface area contributed by atoms with E-state index in [2.05, 4.69) is 24.3 Å². The van der Waals surface area contributed by atoms with Gasteiger partial charge in [0.1, 0.15) is 4.99 Å². The molecule has 0 saturated heterocycles. The third-order valence-corrected chi connectivity index (χ3v) is 5.65. The Morgan fingerprint density at radius 3 is 2.78 bits per heavy atom. The number of hydrogen-bond donors (Lipinski definition) is 0. The average molecular weight is 361 g/mol. The van der Waals surface area contributed by atoms with Crippen LogP contribution in [-0.4, -0.2) is 22.3 Å². The maximum Gasteiger partial charge on any atom is 0.129 e. The van der Waals surface area contributed by atoms with Crippen LogP contribution in [0.1, 0.15) is 23.1 Å². The molecule has 2 nitrogen and oxygen atoms in total. The van der Waals surface area contributed by atoms with Gasteiger partial charge in [0, 0.05) is 23.6 Å². The first-order chi connectivity index (χ1) is 11.1. The summed E-state index contributed by atoms with van der Waals surface area (Å²) in [5.74, 6) is 0.514. The van der Waals surface area contributed by atoms with Gasteiger partial charge in [0.05, 0.1) is 15.8 Å². The monoisotopic (exact) mass is 360 g/mol. The largest absolute Gasteiger partial charge is 0.254 e. The van der Waals surface area contributed by atoms with Gasteiger partial charge in [-0.15, -0.1) is 0 Å². The van der Waals surface area contributed by atoms with E-state index >= 15 is 0 Å². The zero-order valence-corrected chi connectivity index (χ0v) is 14.6. The Morgan fingerprint density at radius 1 is 1.13 bits per heavy atom. The highest BCUT2D eigenvalue weighted by Gasteiger charge is 2.32. The number of hydrazone groups is 1. The second kappa shape index (κ2) is 5.90. The molecule has 0 radical (unpaired) electrons. The van der Waals surface area contributed by atoms with Gasteiger partial charge in [0.2, 0.25) is 0 Å². The van der Waals surface area contributed by atoms with Crippen LogP contribution in [0.2, 0.25) is 10.0 Å². The van der Waals surface area contributed by atoms with Crippen LogP contribution in [0.25, 0.3) is 0 Å². The lowest BCUT2D eigenvalue weighted by atomic mass is 9.98.